The molecule has 2 aromatic rings. The van der Waals surface area contributed by atoms with Gasteiger partial charge in [-0.25, -0.2) is 15.0 Å². The van der Waals surface area contributed by atoms with Gasteiger partial charge in [0, 0.05) is 42.4 Å². The van der Waals surface area contributed by atoms with Crippen molar-refractivity contribution in [2.24, 2.45) is 4.99 Å². The van der Waals surface area contributed by atoms with Gasteiger partial charge in [0.25, 0.3) is 0 Å². The van der Waals surface area contributed by atoms with E-state index in [0.717, 1.165) is 55.0 Å². The first-order valence-electron chi connectivity index (χ1n) is 9.29. The number of thiazole rings is 1. The Morgan fingerprint density at radius 3 is 2.70 bits per heavy atom. The molecule has 2 aromatic heterocycles. The number of nitrogens with zero attached hydrogens (tertiary/aromatic N) is 4. The van der Waals surface area contributed by atoms with Crippen molar-refractivity contribution in [1.29, 1.82) is 0 Å². The molecule has 0 spiro atoms. The molecule has 2 N–H and O–H groups in total. The lowest BCUT2D eigenvalue weighted by Crippen LogP contribution is -2.48. The maximum Gasteiger partial charge on any atom is 0.191 e. The molecule has 3 rings (SSSR count). The van der Waals surface area contributed by atoms with Gasteiger partial charge >= 0.3 is 0 Å². The monoisotopic (exact) mass is 500 g/mol. The maximum absolute atomic E-state index is 4.70. The Morgan fingerprint density at radius 1 is 1.30 bits per heavy atom. The highest BCUT2D eigenvalue weighted by atomic mass is 127. The van der Waals surface area contributed by atoms with Gasteiger partial charge in [-0.2, -0.15) is 0 Å². The average Bonchev–Trinajstić information content (AvgIpc) is 3.06. The summed E-state index contributed by atoms with van der Waals surface area (Å²) in [5.74, 6) is 1.97. The second-order valence-corrected chi connectivity index (χ2v) is 7.92. The Morgan fingerprint density at radius 2 is 2.07 bits per heavy atom. The molecule has 0 saturated carbocycles. The fourth-order valence-electron chi connectivity index (χ4n) is 3.09. The van der Waals surface area contributed by atoms with Crippen LogP contribution in [0.25, 0.3) is 0 Å². The van der Waals surface area contributed by atoms with Crippen molar-refractivity contribution in [3.8, 4) is 0 Å². The molecule has 1 fully saturated rings. The Balaban J connectivity index is 0.00000261. The van der Waals surface area contributed by atoms with E-state index in [0.29, 0.717) is 12.6 Å². The minimum atomic E-state index is 0. The van der Waals surface area contributed by atoms with Gasteiger partial charge in [-0.05, 0) is 45.7 Å². The molecule has 0 bridgehead atoms. The number of aromatic nitrogens is 2. The topological polar surface area (TPSA) is 65.4 Å². The highest BCUT2D eigenvalue weighted by Crippen LogP contribution is 2.18. The Bertz CT molecular complexity index is 739. The minimum Gasteiger partial charge on any atom is -0.357 e. The van der Waals surface area contributed by atoms with Gasteiger partial charge in [-0.1, -0.05) is 6.07 Å². The van der Waals surface area contributed by atoms with Gasteiger partial charge in [0.1, 0.15) is 10.8 Å². The summed E-state index contributed by atoms with van der Waals surface area (Å²) < 4.78 is 0. The molecular formula is C19H29IN6S. The van der Waals surface area contributed by atoms with Gasteiger partial charge in [0.05, 0.1) is 6.54 Å². The number of aryl methyl sites for hydroxylation is 2. The van der Waals surface area contributed by atoms with Crippen LogP contribution >= 0.6 is 35.3 Å². The number of piperidine rings is 1. The summed E-state index contributed by atoms with van der Waals surface area (Å²) in [6, 6.07) is 6.66. The van der Waals surface area contributed by atoms with Gasteiger partial charge in [0.2, 0.25) is 0 Å². The molecule has 1 aliphatic heterocycles. The lowest BCUT2D eigenvalue weighted by molar-refractivity contribution is 0.459. The first-order valence-corrected chi connectivity index (χ1v) is 10.1. The van der Waals surface area contributed by atoms with E-state index in [4.69, 9.17) is 4.99 Å². The van der Waals surface area contributed by atoms with Crippen LogP contribution in [0, 0.1) is 13.8 Å². The number of guanidine groups is 1. The van der Waals surface area contributed by atoms with E-state index in [9.17, 15) is 0 Å². The molecule has 1 aliphatic rings. The number of halogens is 1. The molecule has 148 valence electrons. The molecule has 0 aromatic carbocycles. The van der Waals surface area contributed by atoms with Crippen LogP contribution in [-0.4, -0.2) is 41.6 Å². The Kier molecular flexibility index (Phi) is 8.75. The number of hydrogen-bond donors (Lipinski definition) is 2. The van der Waals surface area contributed by atoms with Gasteiger partial charge in [-0.15, -0.1) is 35.3 Å². The zero-order valence-electron chi connectivity index (χ0n) is 16.2. The minimum absolute atomic E-state index is 0. The Hall–Kier alpha value is -1.42. The predicted molar refractivity (Wildman–Crippen MR) is 124 cm³/mol. The fraction of sp³-hybridized carbons (Fsp3) is 0.526. The first-order chi connectivity index (χ1) is 12.6. The molecule has 0 atom stereocenters. The maximum atomic E-state index is 4.70. The third-order valence-corrected chi connectivity index (χ3v) is 5.32. The fourth-order valence-corrected chi connectivity index (χ4v) is 3.80. The van der Waals surface area contributed by atoms with Gasteiger partial charge in [-0.3, -0.25) is 0 Å². The summed E-state index contributed by atoms with van der Waals surface area (Å²) in [5.41, 5.74) is 1.07. The third-order valence-electron chi connectivity index (χ3n) is 4.42. The second kappa shape index (κ2) is 10.8. The predicted octanol–water partition coefficient (Wildman–Crippen LogP) is 3.50. The lowest BCUT2D eigenvalue weighted by atomic mass is 10.1. The normalized spacial score (nSPS) is 15.4. The van der Waals surface area contributed by atoms with Crippen LogP contribution in [0.4, 0.5) is 5.82 Å². The summed E-state index contributed by atoms with van der Waals surface area (Å²) in [7, 11) is 0. The van der Waals surface area contributed by atoms with Crippen molar-refractivity contribution >= 4 is 47.1 Å². The van der Waals surface area contributed by atoms with E-state index in [1.807, 2.05) is 19.2 Å². The lowest BCUT2D eigenvalue weighted by Gasteiger charge is -2.34. The number of aliphatic imine (C=N–C) groups is 1. The largest absolute Gasteiger partial charge is 0.357 e. The average molecular weight is 500 g/mol. The van der Waals surface area contributed by atoms with E-state index in [-0.39, 0.29) is 24.0 Å². The van der Waals surface area contributed by atoms with E-state index in [1.54, 1.807) is 11.3 Å². The van der Waals surface area contributed by atoms with Crippen molar-refractivity contribution in [1.82, 2.24) is 20.6 Å². The SMILES string of the molecule is CCNC(=NCc1ncc(C)s1)NC1CCN(c2cccc(C)n2)CC1.I. The smallest absolute Gasteiger partial charge is 0.191 e. The number of pyridine rings is 1. The zero-order chi connectivity index (χ0) is 18.4. The van der Waals surface area contributed by atoms with Crippen LogP contribution in [0.2, 0.25) is 0 Å². The van der Waals surface area contributed by atoms with Gasteiger partial charge in [0.15, 0.2) is 5.96 Å². The van der Waals surface area contributed by atoms with Gasteiger partial charge < -0.3 is 15.5 Å². The molecule has 1 saturated heterocycles. The molecule has 0 radical (unpaired) electrons. The molecule has 0 amide bonds. The van der Waals surface area contributed by atoms with Crippen LogP contribution < -0.4 is 15.5 Å². The molecule has 27 heavy (non-hydrogen) atoms. The number of hydrogen-bond acceptors (Lipinski definition) is 5. The molecule has 0 unspecified atom stereocenters. The van der Waals surface area contributed by atoms with E-state index in [1.165, 1.54) is 4.88 Å². The molecule has 6 nitrogen and oxygen atoms in total. The molecule has 0 aliphatic carbocycles. The number of nitrogens with one attached hydrogen (secondary N) is 2. The van der Waals surface area contributed by atoms with Crippen molar-refractivity contribution < 1.29 is 0 Å². The summed E-state index contributed by atoms with van der Waals surface area (Å²) in [6.45, 7) is 9.72. The van der Waals surface area contributed by atoms with E-state index < -0.39 is 0 Å². The number of anilines is 1. The first kappa shape index (κ1) is 21.9. The van der Waals surface area contributed by atoms with Crippen molar-refractivity contribution in [2.75, 3.05) is 24.5 Å². The zero-order valence-corrected chi connectivity index (χ0v) is 19.4. The van der Waals surface area contributed by atoms with Crippen LogP contribution in [-0.2, 0) is 6.54 Å². The van der Waals surface area contributed by atoms with Crippen LogP contribution in [0.5, 0.6) is 0 Å². The van der Waals surface area contributed by atoms with E-state index >= 15 is 0 Å². The van der Waals surface area contributed by atoms with Crippen molar-refractivity contribution in [2.45, 2.75) is 46.2 Å². The van der Waals surface area contributed by atoms with Crippen LogP contribution in [0.15, 0.2) is 29.4 Å². The summed E-state index contributed by atoms with van der Waals surface area (Å²) >= 11 is 1.71. The quantitative estimate of drug-likeness (QED) is 0.374. The third kappa shape index (κ3) is 6.60. The standard InChI is InChI=1S/C19H28N6S.HI/c1-4-20-19(22-13-18-21-12-15(3)26-18)24-16-8-10-25(11-9-16)17-7-5-6-14(2)23-17;/h5-7,12,16H,4,8-11,13H2,1-3H3,(H2,20,22,24);1H. The summed E-state index contributed by atoms with van der Waals surface area (Å²) in [6.07, 6.45) is 4.07. The second-order valence-electron chi connectivity index (χ2n) is 6.60. The summed E-state index contributed by atoms with van der Waals surface area (Å²) in [5, 5.41) is 7.99. The highest BCUT2D eigenvalue weighted by Gasteiger charge is 2.21. The molecule has 8 heteroatoms. The highest BCUT2D eigenvalue weighted by molar-refractivity contribution is 14.0. The van der Waals surface area contributed by atoms with Crippen LogP contribution in [0.1, 0.15) is 35.3 Å². The summed E-state index contributed by atoms with van der Waals surface area (Å²) in [4.78, 5) is 17.3. The van der Waals surface area contributed by atoms with Crippen LogP contribution in [0.3, 0.4) is 0 Å². The Labute approximate surface area is 182 Å². The molecular weight excluding hydrogens is 471 g/mol. The van der Waals surface area contributed by atoms with Crippen molar-refractivity contribution in [3.63, 3.8) is 0 Å². The number of rotatable bonds is 5. The van der Waals surface area contributed by atoms with Crippen molar-refractivity contribution in [3.05, 3.63) is 40.0 Å². The molecule has 3 heterocycles. The van der Waals surface area contributed by atoms with E-state index in [2.05, 4.69) is 51.5 Å².